The zero-order chi connectivity index (χ0) is 15.3. The van der Waals surface area contributed by atoms with Crippen LogP contribution in [0.5, 0.6) is 5.75 Å². The highest BCUT2D eigenvalue weighted by atomic mass is 16.5. The molecule has 1 aromatic rings. The molecule has 21 heavy (non-hydrogen) atoms. The van der Waals surface area contributed by atoms with Crippen LogP contribution in [0.1, 0.15) is 40.0 Å². The predicted octanol–water partition coefficient (Wildman–Crippen LogP) is 4.31. The van der Waals surface area contributed by atoms with Crippen LogP contribution in [0.25, 0.3) is 4.85 Å². The fraction of sp³-hybridized carbons (Fsp3) is 0.529. The number of rotatable bonds is 4. The van der Waals surface area contributed by atoms with E-state index in [1.807, 2.05) is 0 Å². The third-order valence-electron chi connectivity index (χ3n) is 3.22. The Balaban J connectivity index is 1.94. The first-order valence-corrected chi connectivity index (χ1v) is 7.30. The van der Waals surface area contributed by atoms with Crippen molar-refractivity contribution in [1.82, 2.24) is 4.98 Å². The van der Waals surface area contributed by atoms with Crippen molar-refractivity contribution < 1.29 is 9.47 Å². The molecule has 4 nitrogen and oxygen atoms in total. The smallest absolute Gasteiger partial charge is 0.269 e. The molecule has 0 bridgehead atoms. The van der Waals surface area contributed by atoms with E-state index in [1.165, 1.54) is 5.57 Å². The van der Waals surface area contributed by atoms with Gasteiger partial charge >= 0.3 is 0 Å². The van der Waals surface area contributed by atoms with E-state index in [4.69, 9.17) is 16.0 Å². The molecule has 1 atom stereocenters. The van der Waals surface area contributed by atoms with Gasteiger partial charge in [-0.25, -0.2) is 0 Å². The Bertz CT molecular complexity index is 535. The van der Waals surface area contributed by atoms with E-state index in [9.17, 15) is 0 Å². The fourth-order valence-electron chi connectivity index (χ4n) is 2.17. The van der Waals surface area contributed by atoms with E-state index in [1.54, 1.807) is 18.3 Å². The molecule has 1 aliphatic rings. The van der Waals surface area contributed by atoms with E-state index in [-0.39, 0.29) is 11.7 Å². The van der Waals surface area contributed by atoms with Crippen LogP contribution in [0.3, 0.4) is 0 Å². The van der Waals surface area contributed by atoms with Gasteiger partial charge in [0.1, 0.15) is 6.10 Å². The minimum atomic E-state index is -0.117. The molecule has 2 rings (SSSR count). The van der Waals surface area contributed by atoms with E-state index in [0.29, 0.717) is 18.2 Å². The largest absolute Gasteiger partial charge is 0.483 e. The van der Waals surface area contributed by atoms with Gasteiger partial charge in [0, 0.05) is 0 Å². The van der Waals surface area contributed by atoms with Gasteiger partial charge in [-0.15, -0.1) is 4.98 Å². The molecule has 0 amide bonds. The third kappa shape index (κ3) is 5.20. The average molecular weight is 286 g/mol. The molecule has 1 aromatic heterocycles. The first-order chi connectivity index (χ1) is 9.96. The molecular weight excluding hydrogens is 264 g/mol. The Morgan fingerprint density at radius 2 is 2.19 bits per heavy atom. The van der Waals surface area contributed by atoms with Crippen LogP contribution in [-0.2, 0) is 4.74 Å². The number of hydrogen-bond acceptors (Lipinski definition) is 3. The van der Waals surface area contributed by atoms with Gasteiger partial charge in [-0.3, -0.25) is 0 Å². The molecule has 0 fully saturated rings. The zero-order valence-electron chi connectivity index (χ0n) is 12.9. The van der Waals surface area contributed by atoms with Crippen LogP contribution in [0.4, 0.5) is 5.82 Å². The monoisotopic (exact) mass is 286 g/mol. The molecule has 112 valence electrons. The lowest BCUT2D eigenvalue weighted by molar-refractivity contribution is 0.00891. The Labute approximate surface area is 126 Å². The van der Waals surface area contributed by atoms with E-state index < -0.39 is 0 Å². The SMILES string of the molecule is [C-]#[N+]c1ccc(OC2C=C(COC(C)(C)C)CCC2)cn1. The van der Waals surface area contributed by atoms with Gasteiger partial charge in [0.2, 0.25) is 0 Å². The van der Waals surface area contributed by atoms with Crippen LogP contribution in [0, 0.1) is 6.57 Å². The summed E-state index contributed by atoms with van der Waals surface area (Å²) in [5.41, 5.74) is 1.18. The molecule has 0 saturated heterocycles. The summed E-state index contributed by atoms with van der Waals surface area (Å²) >= 11 is 0. The second kappa shape index (κ2) is 6.73. The Kier molecular flexibility index (Phi) is 4.98. The summed E-state index contributed by atoms with van der Waals surface area (Å²) in [6.07, 6.45) is 7.03. The van der Waals surface area contributed by atoms with E-state index in [0.717, 1.165) is 19.3 Å². The van der Waals surface area contributed by atoms with Crippen LogP contribution in [-0.4, -0.2) is 23.3 Å². The van der Waals surface area contributed by atoms with E-state index in [2.05, 4.69) is 36.7 Å². The van der Waals surface area contributed by atoms with Crippen molar-refractivity contribution in [3.05, 3.63) is 41.4 Å². The van der Waals surface area contributed by atoms with Crippen LogP contribution in [0.2, 0.25) is 0 Å². The van der Waals surface area contributed by atoms with Crippen molar-refractivity contribution in [2.24, 2.45) is 0 Å². The van der Waals surface area contributed by atoms with Gasteiger partial charge in [0.15, 0.2) is 11.9 Å². The molecule has 4 heteroatoms. The molecule has 0 aromatic carbocycles. The maximum absolute atomic E-state index is 6.89. The highest BCUT2D eigenvalue weighted by molar-refractivity contribution is 5.38. The van der Waals surface area contributed by atoms with Gasteiger partial charge in [0.25, 0.3) is 5.82 Å². The summed E-state index contributed by atoms with van der Waals surface area (Å²) in [6, 6.07) is 3.48. The summed E-state index contributed by atoms with van der Waals surface area (Å²) in [7, 11) is 0. The summed E-state index contributed by atoms with van der Waals surface area (Å²) in [5.74, 6) is 1.10. The molecular formula is C17H22N2O2. The molecule has 0 radical (unpaired) electrons. The van der Waals surface area contributed by atoms with Gasteiger partial charge < -0.3 is 14.3 Å². The number of hydrogen-bond donors (Lipinski definition) is 0. The number of nitrogens with zero attached hydrogens (tertiary/aromatic N) is 2. The lowest BCUT2D eigenvalue weighted by Gasteiger charge is -2.25. The molecule has 0 N–H and O–H groups in total. The van der Waals surface area contributed by atoms with Crippen molar-refractivity contribution in [3.63, 3.8) is 0 Å². The van der Waals surface area contributed by atoms with Crippen molar-refractivity contribution in [2.75, 3.05) is 6.61 Å². The van der Waals surface area contributed by atoms with Crippen molar-refractivity contribution in [2.45, 2.75) is 51.7 Å². The maximum Gasteiger partial charge on any atom is 0.269 e. The summed E-state index contributed by atoms with van der Waals surface area (Å²) in [4.78, 5) is 7.30. The zero-order valence-corrected chi connectivity index (χ0v) is 12.9. The standard InChI is InChI=1S/C17H22N2O2/c1-17(2,3)20-12-13-6-5-7-14(10-13)21-15-8-9-16(18-4)19-11-15/h8-11,14H,5-7,12H2,1-3H3. The topological polar surface area (TPSA) is 35.7 Å². The van der Waals surface area contributed by atoms with Gasteiger partial charge in [0.05, 0.1) is 12.2 Å². The summed E-state index contributed by atoms with van der Waals surface area (Å²) < 4.78 is 11.7. The predicted molar refractivity (Wildman–Crippen MR) is 82.6 cm³/mol. The van der Waals surface area contributed by atoms with Crippen LogP contribution < -0.4 is 4.74 Å². The van der Waals surface area contributed by atoms with Crippen LogP contribution >= 0.6 is 0 Å². The molecule has 1 aliphatic carbocycles. The number of pyridine rings is 1. The van der Waals surface area contributed by atoms with Crippen molar-refractivity contribution in [3.8, 4) is 5.75 Å². The average Bonchev–Trinajstić information content (AvgIpc) is 2.46. The minimum absolute atomic E-state index is 0.0675. The number of ether oxygens (including phenoxy) is 2. The molecule has 0 aliphatic heterocycles. The molecule has 0 saturated carbocycles. The van der Waals surface area contributed by atoms with Gasteiger partial charge in [-0.2, -0.15) is 0 Å². The molecule has 1 unspecified atom stereocenters. The summed E-state index contributed by atoms with van der Waals surface area (Å²) in [5, 5.41) is 0. The van der Waals surface area contributed by atoms with Gasteiger partial charge in [-0.1, -0.05) is 6.57 Å². The normalized spacial score (nSPS) is 18.8. The highest BCUT2D eigenvalue weighted by Crippen LogP contribution is 2.24. The molecule has 0 spiro atoms. The quantitative estimate of drug-likeness (QED) is 0.611. The third-order valence-corrected chi connectivity index (χ3v) is 3.22. The molecule has 1 heterocycles. The Hall–Kier alpha value is -1.86. The fourth-order valence-corrected chi connectivity index (χ4v) is 2.17. The van der Waals surface area contributed by atoms with Crippen LogP contribution in [0.15, 0.2) is 30.0 Å². The highest BCUT2D eigenvalue weighted by Gasteiger charge is 2.18. The lowest BCUT2D eigenvalue weighted by Crippen LogP contribution is -2.23. The lowest BCUT2D eigenvalue weighted by atomic mass is 9.97. The van der Waals surface area contributed by atoms with E-state index >= 15 is 0 Å². The maximum atomic E-state index is 6.89. The van der Waals surface area contributed by atoms with Crippen molar-refractivity contribution in [1.29, 1.82) is 0 Å². The second-order valence-electron chi connectivity index (χ2n) is 6.24. The van der Waals surface area contributed by atoms with Crippen molar-refractivity contribution >= 4 is 5.82 Å². The Morgan fingerprint density at radius 1 is 1.38 bits per heavy atom. The number of aromatic nitrogens is 1. The minimum Gasteiger partial charge on any atom is -0.483 e. The van der Waals surface area contributed by atoms with Gasteiger partial charge in [-0.05, 0) is 63.8 Å². The first kappa shape index (κ1) is 15.5. The summed E-state index contributed by atoms with van der Waals surface area (Å²) in [6.45, 7) is 13.7. The first-order valence-electron chi connectivity index (χ1n) is 7.30. The second-order valence-corrected chi connectivity index (χ2v) is 6.24. The Morgan fingerprint density at radius 3 is 2.81 bits per heavy atom.